The van der Waals surface area contributed by atoms with Crippen LogP contribution in [0.4, 0.5) is 5.69 Å². The van der Waals surface area contributed by atoms with Crippen molar-refractivity contribution in [3.63, 3.8) is 0 Å². The molecule has 3 rings (SSSR count). The summed E-state index contributed by atoms with van der Waals surface area (Å²) in [6.07, 6.45) is 0.361. The molecule has 1 aliphatic heterocycles. The molecule has 100 valence electrons. The lowest BCUT2D eigenvalue weighted by Gasteiger charge is -2.11. The predicted molar refractivity (Wildman–Crippen MR) is 85.8 cm³/mol. The molecule has 0 radical (unpaired) electrons. The molecule has 0 aliphatic carbocycles. The van der Waals surface area contributed by atoms with Crippen molar-refractivity contribution in [2.24, 2.45) is 0 Å². The van der Waals surface area contributed by atoms with E-state index in [-0.39, 0.29) is 5.91 Å². The van der Waals surface area contributed by atoms with E-state index in [0.29, 0.717) is 16.3 Å². The zero-order valence-electron chi connectivity index (χ0n) is 10.9. The Bertz CT molecular complexity index is 722. The smallest absolute Gasteiger partial charge is 0.228 e. The summed E-state index contributed by atoms with van der Waals surface area (Å²) < 4.78 is 0. The molecule has 20 heavy (non-hydrogen) atoms. The number of benzene rings is 2. The maximum atomic E-state index is 11.6. The molecule has 2 aromatic carbocycles. The SMILES string of the molecule is Cc1ccc(C(=S)c2cc(Cl)cc3c2NC(=O)C3)cc1. The average molecular weight is 302 g/mol. The second kappa shape index (κ2) is 5.00. The molecule has 1 heterocycles. The first kappa shape index (κ1) is 13.3. The minimum absolute atomic E-state index is 0.0183. The van der Waals surface area contributed by atoms with Crippen molar-refractivity contribution in [1.82, 2.24) is 0 Å². The van der Waals surface area contributed by atoms with Crippen molar-refractivity contribution in [1.29, 1.82) is 0 Å². The molecule has 0 spiro atoms. The number of aryl methyl sites for hydroxylation is 1. The van der Waals surface area contributed by atoms with Gasteiger partial charge in [0.15, 0.2) is 0 Å². The lowest BCUT2D eigenvalue weighted by Crippen LogP contribution is -2.08. The van der Waals surface area contributed by atoms with Gasteiger partial charge in [-0.1, -0.05) is 53.6 Å². The maximum Gasteiger partial charge on any atom is 0.228 e. The quantitative estimate of drug-likeness (QED) is 0.673. The Labute approximate surface area is 127 Å². The van der Waals surface area contributed by atoms with Crippen LogP contribution in [-0.2, 0) is 11.2 Å². The lowest BCUT2D eigenvalue weighted by molar-refractivity contribution is -0.115. The first-order chi connectivity index (χ1) is 9.54. The van der Waals surface area contributed by atoms with Crippen LogP contribution in [0.2, 0.25) is 5.02 Å². The predicted octanol–water partition coefficient (Wildman–Crippen LogP) is 3.91. The molecular weight excluding hydrogens is 290 g/mol. The Kier molecular flexibility index (Phi) is 3.32. The van der Waals surface area contributed by atoms with Crippen molar-refractivity contribution < 1.29 is 4.79 Å². The minimum atomic E-state index is -0.0183. The van der Waals surface area contributed by atoms with Crippen molar-refractivity contribution in [3.05, 3.63) is 63.7 Å². The van der Waals surface area contributed by atoms with Crippen molar-refractivity contribution in [3.8, 4) is 0 Å². The number of halogens is 1. The third-order valence-corrected chi connectivity index (χ3v) is 4.03. The fraction of sp³-hybridized carbons (Fsp3) is 0.125. The Morgan fingerprint density at radius 2 is 1.95 bits per heavy atom. The largest absolute Gasteiger partial charge is 0.325 e. The highest BCUT2D eigenvalue weighted by molar-refractivity contribution is 7.81. The zero-order valence-corrected chi connectivity index (χ0v) is 12.4. The molecule has 1 aliphatic rings. The van der Waals surface area contributed by atoms with Gasteiger partial charge in [0.2, 0.25) is 5.91 Å². The highest BCUT2D eigenvalue weighted by Gasteiger charge is 2.23. The van der Waals surface area contributed by atoms with E-state index < -0.39 is 0 Å². The molecule has 0 aromatic heterocycles. The molecule has 0 saturated heterocycles. The van der Waals surface area contributed by atoms with E-state index in [2.05, 4.69) is 5.32 Å². The van der Waals surface area contributed by atoms with Gasteiger partial charge in [-0.25, -0.2) is 0 Å². The van der Waals surface area contributed by atoms with Crippen LogP contribution < -0.4 is 5.32 Å². The summed E-state index contributed by atoms with van der Waals surface area (Å²) >= 11 is 11.7. The van der Waals surface area contributed by atoms with Gasteiger partial charge in [0.1, 0.15) is 0 Å². The number of amides is 1. The van der Waals surface area contributed by atoms with Crippen LogP contribution in [0.5, 0.6) is 0 Å². The number of thiocarbonyl (C=S) groups is 1. The van der Waals surface area contributed by atoms with E-state index in [9.17, 15) is 4.79 Å². The Morgan fingerprint density at radius 3 is 2.65 bits per heavy atom. The van der Waals surface area contributed by atoms with Gasteiger partial charge in [0.05, 0.1) is 17.0 Å². The number of hydrogen-bond donors (Lipinski definition) is 1. The molecule has 2 aromatic rings. The lowest BCUT2D eigenvalue weighted by atomic mass is 9.99. The monoisotopic (exact) mass is 301 g/mol. The number of carbonyl (C=O) groups excluding carboxylic acids is 1. The summed E-state index contributed by atoms with van der Waals surface area (Å²) in [5.74, 6) is -0.0183. The molecule has 0 unspecified atom stereocenters. The second-order valence-electron chi connectivity index (χ2n) is 4.91. The van der Waals surface area contributed by atoms with E-state index in [1.165, 1.54) is 5.56 Å². The summed E-state index contributed by atoms with van der Waals surface area (Å²) in [7, 11) is 0. The number of hydrogen-bond acceptors (Lipinski definition) is 2. The first-order valence-corrected chi connectivity index (χ1v) is 7.07. The molecule has 0 bridgehead atoms. The van der Waals surface area contributed by atoms with Crippen molar-refractivity contribution >= 4 is 40.3 Å². The van der Waals surface area contributed by atoms with Crippen LogP contribution in [0, 0.1) is 6.92 Å². The van der Waals surface area contributed by atoms with Gasteiger partial charge in [-0.3, -0.25) is 4.79 Å². The van der Waals surface area contributed by atoms with Crippen LogP contribution >= 0.6 is 23.8 Å². The second-order valence-corrected chi connectivity index (χ2v) is 5.75. The van der Waals surface area contributed by atoms with Crippen molar-refractivity contribution in [2.75, 3.05) is 5.32 Å². The highest BCUT2D eigenvalue weighted by atomic mass is 35.5. The van der Waals surface area contributed by atoms with Crippen LogP contribution in [0.25, 0.3) is 0 Å². The van der Waals surface area contributed by atoms with Crippen LogP contribution in [0.3, 0.4) is 0 Å². The van der Waals surface area contributed by atoms with Gasteiger partial charge in [0.25, 0.3) is 0 Å². The summed E-state index contributed by atoms with van der Waals surface area (Å²) in [5, 5.41) is 3.47. The fourth-order valence-corrected chi connectivity index (χ4v) is 2.88. The van der Waals surface area contributed by atoms with Crippen LogP contribution in [-0.4, -0.2) is 10.8 Å². The summed E-state index contributed by atoms with van der Waals surface area (Å²) in [6.45, 7) is 2.03. The maximum absolute atomic E-state index is 11.6. The van der Waals surface area contributed by atoms with Gasteiger partial charge in [0, 0.05) is 10.6 Å². The molecule has 0 saturated carbocycles. The Balaban J connectivity index is 2.09. The molecule has 1 amide bonds. The van der Waals surface area contributed by atoms with E-state index in [0.717, 1.165) is 22.4 Å². The van der Waals surface area contributed by atoms with E-state index in [1.807, 2.05) is 43.3 Å². The standard InChI is InChI=1S/C16H12ClNOS/c1-9-2-4-10(5-3-9)16(20)13-8-12(17)6-11-7-14(19)18-15(11)13/h2-6,8H,7H2,1H3,(H,18,19). The normalized spacial score (nSPS) is 13.0. The topological polar surface area (TPSA) is 29.1 Å². The third kappa shape index (κ3) is 2.35. The van der Waals surface area contributed by atoms with Gasteiger partial charge in [-0.15, -0.1) is 0 Å². The molecule has 4 heteroatoms. The molecular formula is C16H12ClNOS. The molecule has 0 fully saturated rings. The minimum Gasteiger partial charge on any atom is -0.325 e. The molecule has 1 N–H and O–H groups in total. The number of anilines is 1. The third-order valence-electron chi connectivity index (χ3n) is 3.36. The van der Waals surface area contributed by atoms with Gasteiger partial charge >= 0.3 is 0 Å². The summed E-state index contributed by atoms with van der Waals surface area (Å²) in [5.41, 5.74) is 4.66. The molecule has 2 nitrogen and oxygen atoms in total. The zero-order chi connectivity index (χ0) is 14.3. The molecule has 0 atom stereocenters. The first-order valence-electron chi connectivity index (χ1n) is 6.28. The van der Waals surface area contributed by atoms with Crippen molar-refractivity contribution in [2.45, 2.75) is 13.3 Å². The van der Waals surface area contributed by atoms with Crippen LogP contribution in [0.1, 0.15) is 22.3 Å². The average Bonchev–Trinajstić information content (AvgIpc) is 2.78. The van der Waals surface area contributed by atoms with Gasteiger partial charge in [-0.2, -0.15) is 0 Å². The van der Waals surface area contributed by atoms with E-state index in [1.54, 1.807) is 0 Å². The number of carbonyl (C=O) groups is 1. The summed E-state index contributed by atoms with van der Waals surface area (Å²) in [4.78, 5) is 12.3. The number of nitrogens with one attached hydrogen (secondary N) is 1. The highest BCUT2D eigenvalue weighted by Crippen LogP contribution is 2.32. The number of fused-ring (bicyclic) bond motifs is 1. The van der Waals surface area contributed by atoms with E-state index >= 15 is 0 Å². The van der Waals surface area contributed by atoms with Crippen LogP contribution in [0.15, 0.2) is 36.4 Å². The van der Waals surface area contributed by atoms with E-state index in [4.69, 9.17) is 23.8 Å². The fourth-order valence-electron chi connectivity index (χ4n) is 2.35. The Hall–Kier alpha value is -1.71. The van der Waals surface area contributed by atoms with Gasteiger partial charge < -0.3 is 5.32 Å². The number of rotatable bonds is 2. The Morgan fingerprint density at radius 1 is 1.25 bits per heavy atom. The summed E-state index contributed by atoms with van der Waals surface area (Å²) in [6, 6.07) is 11.6. The van der Waals surface area contributed by atoms with Gasteiger partial charge in [-0.05, 0) is 30.2 Å².